The Hall–Kier alpha value is -0.880. The molecule has 1 amide bonds. The fourth-order valence-corrected chi connectivity index (χ4v) is 3.92. The Morgan fingerprint density at radius 3 is 2.29 bits per heavy atom. The average molecular weight is 419 g/mol. The van der Waals surface area contributed by atoms with Gasteiger partial charge >= 0.3 is 5.97 Å². The lowest BCUT2D eigenvalue weighted by molar-refractivity contribution is -0.141. The van der Waals surface area contributed by atoms with Gasteiger partial charge in [0.2, 0.25) is 0 Å². The third kappa shape index (κ3) is 4.30. The molecule has 4 nitrogen and oxygen atoms in total. The van der Waals surface area contributed by atoms with Gasteiger partial charge < -0.3 is 9.64 Å². The normalized spacial score (nSPS) is 15.0. The maximum atomic E-state index is 12.8. The minimum Gasteiger partial charge on any atom is -0.468 e. The fourth-order valence-electron chi connectivity index (χ4n) is 2.63. The molecule has 2 rings (SSSR count). The third-order valence-electron chi connectivity index (χ3n) is 3.66. The molecule has 0 aliphatic heterocycles. The van der Waals surface area contributed by atoms with Crippen molar-refractivity contribution in [2.75, 3.05) is 13.7 Å². The molecule has 21 heavy (non-hydrogen) atoms. The lowest BCUT2D eigenvalue weighted by Crippen LogP contribution is -2.42. The second-order valence-electron chi connectivity index (χ2n) is 5.11. The number of esters is 1. The molecule has 1 aliphatic carbocycles. The van der Waals surface area contributed by atoms with Gasteiger partial charge in [0, 0.05) is 20.6 Å². The van der Waals surface area contributed by atoms with Crippen LogP contribution in [0.5, 0.6) is 0 Å². The topological polar surface area (TPSA) is 46.6 Å². The van der Waals surface area contributed by atoms with Crippen LogP contribution in [-0.4, -0.2) is 36.5 Å². The summed E-state index contributed by atoms with van der Waals surface area (Å²) < 4.78 is 6.37. The molecule has 0 unspecified atom stereocenters. The molecular weight excluding hydrogens is 402 g/mol. The standard InChI is InChI=1S/C15H17Br2NO3/c1-21-14(19)9-18(13-4-2-3-5-13)15(20)10-6-11(16)8-12(17)7-10/h6-8,13H,2-5,9H2,1H3. The van der Waals surface area contributed by atoms with E-state index in [9.17, 15) is 9.59 Å². The number of rotatable bonds is 4. The van der Waals surface area contributed by atoms with Crippen molar-refractivity contribution in [3.63, 3.8) is 0 Å². The SMILES string of the molecule is COC(=O)CN(C(=O)c1cc(Br)cc(Br)c1)C1CCCC1. The van der Waals surface area contributed by atoms with Crippen molar-refractivity contribution in [1.29, 1.82) is 0 Å². The summed E-state index contributed by atoms with van der Waals surface area (Å²) in [4.78, 5) is 26.0. The number of ether oxygens (including phenoxy) is 1. The summed E-state index contributed by atoms with van der Waals surface area (Å²) in [7, 11) is 1.34. The molecule has 114 valence electrons. The maximum Gasteiger partial charge on any atom is 0.325 e. The molecule has 0 aromatic heterocycles. The van der Waals surface area contributed by atoms with Crippen LogP contribution in [0.4, 0.5) is 0 Å². The van der Waals surface area contributed by atoms with Crippen LogP contribution in [0.1, 0.15) is 36.0 Å². The molecule has 0 atom stereocenters. The Bertz CT molecular complexity index is 521. The highest BCUT2D eigenvalue weighted by Gasteiger charge is 2.29. The summed E-state index contributed by atoms with van der Waals surface area (Å²) in [6.45, 7) is 0.00410. The summed E-state index contributed by atoms with van der Waals surface area (Å²) in [5, 5.41) is 0. The molecule has 0 radical (unpaired) electrons. The molecular formula is C15H17Br2NO3. The van der Waals surface area contributed by atoms with E-state index >= 15 is 0 Å². The number of amides is 1. The number of nitrogens with zero attached hydrogens (tertiary/aromatic N) is 1. The van der Waals surface area contributed by atoms with Crippen molar-refractivity contribution in [3.05, 3.63) is 32.7 Å². The highest BCUT2D eigenvalue weighted by atomic mass is 79.9. The van der Waals surface area contributed by atoms with Crippen molar-refractivity contribution >= 4 is 43.7 Å². The quantitative estimate of drug-likeness (QED) is 0.699. The van der Waals surface area contributed by atoms with Crippen LogP contribution in [-0.2, 0) is 9.53 Å². The molecule has 0 N–H and O–H groups in total. The lowest BCUT2D eigenvalue weighted by Gasteiger charge is -2.28. The second kappa shape index (κ2) is 7.40. The van der Waals surface area contributed by atoms with Gasteiger partial charge in [-0.25, -0.2) is 0 Å². The van der Waals surface area contributed by atoms with E-state index in [4.69, 9.17) is 4.74 Å². The van der Waals surface area contributed by atoms with E-state index in [1.54, 1.807) is 17.0 Å². The number of benzene rings is 1. The first-order chi connectivity index (χ1) is 10.0. The molecule has 1 aliphatic rings. The molecule has 0 saturated heterocycles. The van der Waals surface area contributed by atoms with Gasteiger partial charge in [-0.05, 0) is 31.0 Å². The van der Waals surface area contributed by atoms with Gasteiger partial charge in [0.05, 0.1) is 7.11 Å². The number of hydrogen-bond acceptors (Lipinski definition) is 3. The molecule has 0 heterocycles. The van der Waals surface area contributed by atoms with Crippen molar-refractivity contribution in [1.82, 2.24) is 4.90 Å². The van der Waals surface area contributed by atoms with E-state index in [2.05, 4.69) is 31.9 Å². The fraction of sp³-hybridized carbons (Fsp3) is 0.467. The largest absolute Gasteiger partial charge is 0.468 e. The molecule has 1 aromatic rings. The van der Waals surface area contributed by atoms with Gasteiger partial charge in [0.25, 0.3) is 5.91 Å². The van der Waals surface area contributed by atoms with Crippen molar-refractivity contribution in [2.24, 2.45) is 0 Å². The Morgan fingerprint density at radius 2 is 1.76 bits per heavy atom. The highest BCUT2D eigenvalue weighted by molar-refractivity contribution is 9.11. The lowest BCUT2D eigenvalue weighted by atomic mass is 10.1. The average Bonchev–Trinajstić information content (AvgIpc) is 2.96. The first-order valence-corrected chi connectivity index (χ1v) is 8.43. The number of carbonyl (C=O) groups excluding carboxylic acids is 2. The molecule has 0 bridgehead atoms. The zero-order chi connectivity index (χ0) is 15.4. The predicted octanol–water partition coefficient (Wildman–Crippen LogP) is 3.77. The van der Waals surface area contributed by atoms with E-state index in [1.807, 2.05) is 6.07 Å². The zero-order valence-electron chi connectivity index (χ0n) is 11.8. The van der Waals surface area contributed by atoms with E-state index in [0.717, 1.165) is 34.6 Å². The van der Waals surface area contributed by atoms with Crippen LogP contribution in [0.15, 0.2) is 27.1 Å². The minimum absolute atomic E-state index is 0.00410. The van der Waals surface area contributed by atoms with E-state index in [1.165, 1.54) is 7.11 Å². The Labute approximate surface area is 141 Å². The van der Waals surface area contributed by atoms with Gasteiger partial charge in [-0.15, -0.1) is 0 Å². The smallest absolute Gasteiger partial charge is 0.325 e. The first kappa shape index (κ1) is 16.5. The summed E-state index contributed by atoms with van der Waals surface area (Å²) in [6, 6.07) is 5.53. The summed E-state index contributed by atoms with van der Waals surface area (Å²) in [5.41, 5.74) is 0.562. The molecule has 6 heteroatoms. The number of carbonyl (C=O) groups is 2. The maximum absolute atomic E-state index is 12.8. The third-order valence-corrected chi connectivity index (χ3v) is 4.58. The van der Waals surface area contributed by atoms with Crippen LogP contribution in [0.3, 0.4) is 0 Å². The highest BCUT2D eigenvalue weighted by Crippen LogP contribution is 2.27. The number of halogens is 2. The number of hydrogen-bond donors (Lipinski definition) is 0. The number of methoxy groups -OCH3 is 1. The van der Waals surface area contributed by atoms with Crippen LogP contribution in [0, 0.1) is 0 Å². The molecule has 1 fully saturated rings. The van der Waals surface area contributed by atoms with Crippen LogP contribution in [0.2, 0.25) is 0 Å². The van der Waals surface area contributed by atoms with Gasteiger partial charge in [-0.2, -0.15) is 0 Å². The van der Waals surface area contributed by atoms with Crippen LogP contribution < -0.4 is 0 Å². The Morgan fingerprint density at radius 1 is 1.19 bits per heavy atom. The molecule has 0 spiro atoms. The zero-order valence-corrected chi connectivity index (χ0v) is 14.9. The second-order valence-corrected chi connectivity index (χ2v) is 6.94. The first-order valence-electron chi connectivity index (χ1n) is 6.85. The Kier molecular flexibility index (Phi) is 5.81. The summed E-state index contributed by atoms with van der Waals surface area (Å²) in [6.07, 6.45) is 4.07. The molecule has 1 saturated carbocycles. The summed E-state index contributed by atoms with van der Waals surface area (Å²) >= 11 is 6.77. The van der Waals surface area contributed by atoms with E-state index < -0.39 is 0 Å². The Balaban J connectivity index is 2.25. The minimum atomic E-state index is -0.385. The molecule has 1 aromatic carbocycles. The van der Waals surface area contributed by atoms with E-state index in [0.29, 0.717) is 5.56 Å². The van der Waals surface area contributed by atoms with Gasteiger partial charge in [0.15, 0.2) is 0 Å². The van der Waals surface area contributed by atoms with Crippen molar-refractivity contribution in [2.45, 2.75) is 31.7 Å². The van der Waals surface area contributed by atoms with Crippen molar-refractivity contribution in [3.8, 4) is 0 Å². The predicted molar refractivity (Wildman–Crippen MR) is 87.2 cm³/mol. The van der Waals surface area contributed by atoms with Crippen LogP contribution >= 0.6 is 31.9 Å². The van der Waals surface area contributed by atoms with Crippen molar-refractivity contribution < 1.29 is 14.3 Å². The van der Waals surface area contributed by atoms with E-state index in [-0.39, 0.29) is 24.5 Å². The van der Waals surface area contributed by atoms with Gasteiger partial charge in [-0.3, -0.25) is 9.59 Å². The monoisotopic (exact) mass is 417 g/mol. The van der Waals surface area contributed by atoms with Gasteiger partial charge in [0.1, 0.15) is 6.54 Å². The summed E-state index contributed by atoms with van der Waals surface area (Å²) in [5.74, 6) is -0.515. The van der Waals surface area contributed by atoms with Crippen LogP contribution in [0.25, 0.3) is 0 Å². The van der Waals surface area contributed by atoms with Gasteiger partial charge in [-0.1, -0.05) is 44.7 Å².